The SMILES string of the molecule is FC(F)(F)OC1=CC=C(c2ccccc2)[CH-]C1.[Li+].[Li+]. The summed E-state index contributed by atoms with van der Waals surface area (Å²) in [7, 11) is 0. The Labute approximate surface area is 134 Å². The Morgan fingerprint density at radius 1 is 1.00 bits per heavy atom. The number of benzene rings is 1. The zero-order chi connectivity index (χ0) is 12.3. The number of ether oxygens (including phenoxy) is 1. The average molecular weight is 253 g/mol. The zero-order valence-electron chi connectivity index (χ0n) is 10.9. The zero-order valence-corrected chi connectivity index (χ0v) is 10.9. The molecule has 1 aliphatic rings. The summed E-state index contributed by atoms with van der Waals surface area (Å²) in [6.07, 6.45) is 0.240. The summed E-state index contributed by atoms with van der Waals surface area (Å²) < 4.78 is 39.7. The molecule has 19 heavy (non-hydrogen) atoms. The van der Waals surface area contributed by atoms with Gasteiger partial charge in [0.05, 0.1) is 5.76 Å². The largest absolute Gasteiger partial charge is 1.00 e. The van der Waals surface area contributed by atoms with E-state index in [1.807, 2.05) is 30.3 Å². The van der Waals surface area contributed by atoms with Crippen LogP contribution in [0.3, 0.4) is 0 Å². The van der Waals surface area contributed by atoms with Crippen molar-refractivity contribution in [1.29, 1.82) is 0 Å². The van der Waals surface area contributed by atoms with Crippen LogP contribution in [0.1, 0.15) is 12.0 Å². The van der Waals surface area contributed by atoms with Gasteiger partial charge in [0.2, 0.25) is 0 Å². The van der Waals surface area contributed by atoms with Gasteiger partial charge in [-0.2, -0.15) is 18.1 Å². The van der Waals surface area contributed by atoms with Crippen LogP contribution in [0, 0.1) is 6.42 Å². The minimum atomic E-state index is -4.61. The van der Waals surface area contributed by atoms with Crippen molar-refractivity contribution in [3.05, 3.63) is 60.2 Å². The summed E-state index contributed by atoms with van der Waals surface area (Å²) in [5.41, 5.74) is 1.88. The van der Waals surface area contributed by atoms with Gasteiger partial charge in [0, 0.05) is 0 Å². The molecule has 0 bridgehead atoms. The van der Waals surface area contributed by atoms with Crippen molar-refractivity contribution in [2.24, 2.45) is 0 Å². The van der Waals surface area contributed by atoms with Gasteiger partial charge >= 0.3 is 44.1 Å². The Morgan fingerprint density at radius 2 is 1.63 bits per heavy atom. The molecule has 2 rings (SSSR count). The van der Waals surface area contributed by atoms with Gasteiger partial charge in [-0.3, -0.25) is 0 Å². The summed E-state index contributed by atoms with van der Waals surface area (Å²) in [6.45, 7) is 0. The molecular weight excluding hydrogens is 243 g/mol. The molecule has 0 radical (unpaired) electrons. The van der Waals surface area contributed by atoms with E-state index in [1.165, 1.54) is 6.08 Å². The summed E-state index contributed by atoms with van der Waals surface area (Å²) in [6, 6.07) is 9.48. The van der Waals surface area contributed by atoms with Crippen molar-refractivity contribution in [2.75, 3.05) is 0 Å². The molecule has 0 spiro atoms. The summed E-state index contributed by atoms with van der Waals surface area (Å²) in [4.78, 5) is 0. The first kappa shape index (κ1) is 18.4. The van der Waals surface area contributed by atoms with E-state index in [4.69, 9.17) is 0 Å². The van der Waals surface area contributed by atoms with Crippen LogP contribution in [0.5, 0.6) is 0 Å². The molecule has 1 aromatic rings. The molecule has 1 aliphatic carbocycles. The van der Waals surface area contributed by atoms with Gasteiger partial charge < -0.3 is 4.74 Å². The number of rotatable bonds is 2. The molecule has 0 atom stereocenters. The van der Waals surface area contributed by atoms with E-state index >= 15 is 0 Å². The predicted molar refractivity (Wildman–Crippen MR) is 58.6 cm³/mol. The van der Waals surface area contributed by atoms with Crippen molar-refractivity contribution in [2.45, 2.75) is 12.8 Å². The second kappa shape index (κ2) is 7.83. The molecule has 6 heteroatoms. The fourth-order valence-corrected chi connectivity index (χ4v) is 1.60. The Hall–Kier alpha value is -0.645. The van der Waals surface area contributed by atoms with E-state index in [2.05, 4.69) is 4.74 Å². The van der Waals surface area contributed by atoms with Gasteiger partial charge in [-0.1, -0.05) is 24.3 Å². The monoisotopic (exact) mass is 253 g/mol. The maximum absolute atomic E-state index is 12.0. The first-order valence-corrected chi connectivity index (χ1v) is 5.10. The number of alkyl halides is 3. The van der Waals surface area contributed by atoms with Gasteiger partial charge in [0.25, 0.3) is 0 Å². The van der Waals surface area contributed by atoms with Crippen molar-refractivity contribution in [3.8, 4) is 0 Å². The minimum absolute atomic E-state index is 0. The summed E-state index contributed by atoms with van der Waals surface area (Å²) >= 11 is 0. The van der Waals surface area contributed by atoms with Gasteiger partial charge in [-0.15, -0.1) is 30.9 Å². The summed E-state index contributed by atoms with van der Waals surface area (Å²) in [5, 5.41) is 0. The Kier molecular flexibility index (Phi) is 7.56. The molecule has 90 valence electrons. The van der Waals surface area contributed by atoms with Crippen molar-refractivity contribution < 1.29 is 55.6 Å². The van der Waals surface area contributed by atoms with Gasteiger partial charge in [0.15, 0.2) is 0 Å². The second-order valence-electron chi connectivity index (χ2n) is 3.58. The molecule has 0 aromatic heterocycles. The maximum Gasteiger partial charge on any atom is 1.00 e. The van der Waals surface area contributed by atoms with E-state index in [1.54, 1.807) is 12.5 Å². The Morgan fingerprint density at radius 3 is 2.11 bits per heavy atom. The van der Waals surface area contributed by atoms with E-state index in [0.717, 1.165) is 11.1 Å². The third-order valence-corrected chi connectivity index (χ3v) is 2.33. The number of hydrogen-bond acceptors (Lipinski definition) is 1. The maximum atomic E-state index is 12.0. The van der Waals surface area contributed by atoms with E-state index in [0.29, 0.717) is 0 Å². The Bertz CT molecular complexity index is 453. The fourth-order valence-electron chi connectivity index (χ4n) is 1.60. The number of halogens is 3. The van der Waals surface area contributed by atoms with Gasteiger partial charge in [0.1, 0.15) is 0 Å². The topological polar surface area (TPSA) is 9.23 Å². The Balaban J connectivity index is 0.00000162. The molecule has 1 nitrogen and oxygen atoms in total. The first-order chi connectivity index (χ1) is 8.04. The van der Waals surface area contributed by atoms with Crippen molar-refractivity contribution in [3.63, 3.8) is 0 Å². The summed E-state index contributed by atoms with van der Waals surface area (Å²) in [5.74, 6) is -0.0859. The third kappa shape index (κ3) is 5.89. The molecule has 0 fully saturated rings. The number of hydrogen-bond donors (Lipinski definition) is 0. The third-order valence-electron chi connectivity index (χ3n) is 2.33. The van der Waals surface area contributed by atoms with Crippen LogP contribution in [-0.4, -0.2) is 6.36 Å². The second-order valence-corrected chi connectivity index (χ2v) is 3.58. The van der Waals surface area contributed by atoms with Gasteiger partial charge in [-0.25, -0.2) is 0 Å². The molecule has 0 aliphatic heterocycles. The number of allylic oxidation sites excluding steroid dienone is 4. The van der Waals surface area contributed by atoms with Crippen molar-refractivity contribution >= 4 is 5.57 Å². The van der Waals surface area contributed by atoms with E-state index in [-0.39, 0.29) is 49.9 Å². The molecular formula is C13H10F3Li2O+. The van der Waals surface area contributed by atoms with Crippen LogP contribution in [0.25, 0.3) is 5.57 Å². The molecule has 0 heterocycles. The predicted octanol–water partition coefficient (Wildman–Crippen LogP) is -1.89. The molecule has 0 unspecified atom stereocenters. The standard InChI is InChI=1S/C13H10F3O.2Li/c14-13(15,16)17-12-8-6-11(7-9-12)10-4-2-1-3-5-10;;/h1-8H,9H2;;/q-1;2*+1. The molecule has 0 amide bonds. The molecule has 0 saturated heterocycles. The van der Waals surface area contributed by atoms with Gasteiger partial charge in [-0.05, 0) is 6.42 Å². The van der Waals surface area contributed by atoms with Crippen molar-refractivity contribution in [1.82, 2.24) is 0 Å². The molecule has 0 saturated carbocycles. The molecule has 1 aromatic carbocycles. The minimum Gasteiger partial charge on any atom is -0.412 e. The van der Waals surface area contributed by atoms with Crippen LogP contribution < -0.4 is 37.7 Å². The normalized spacial score (nSPS) is 14.1. The van der Waals surface area contributed by atoms with E-state index < -0.39 is 6.36 Å². The quantitative estimate of drug-likeness (QED) is 0.442. The van der Waals surface area contributed by atoms with Crippen LogP contribution in [0.4, 0.5) is 13.2 Å². The fraction of sp³-hybridized carbons (Fsp3) is 0.154. The average Bonchev–Trinajstić information content (AvgIpc) is 2.29. The first-order valence-electron chi connectivity index (χ1n) is 5.10. The smallest absolute Gasteiger partial charge is 0.412 e. The van der Waals surface area contributed by atoms with Crippen LogP contribution in [0.2, 0.25) is 0 Å². The van der Waals surface area contributed by atoms with Crippen LogP contribution >= 0.6 is 0 Å². The van der Waals surface area contributed by atoms with Crippen LogP contribution in [-0.2, 0) is 4.74 Å². The van der Waals surface area contributed by atoms with Crippen LogP contribution in [0.15, 0.2) is 48.2 Å². The van der Waals surface area contributed by atoms with E-state index in [9.17, 15) is 13.2 Å². The molecule has 0 N–H and O–H groups in total.